The number of carbonyl (C=O) groups excluding carboxylic acids is 1. The number of nitrogens with one attached hydrogen (secondary N) is 2. The molecule has 0 aliphatic carbocycles. The number of aromatic nitrogens is 1. The number of benzene rings is 2. The summed E-state index contributed by atoms with van der Waals surface area (Å²) in [5.74, 6) is 0.206. The Balaban J connectivity index is 1.39. The van der Waals surface area contributed by atoms with Crippen molar-refractivity contribution in [1.82, 2.24) is 15.2 Å². The highest BCUT2D eigenvalue weighted by atomic mass is 16.5. The van der Waals surface area contributed by atoms with Crippen LogP contribution in [0, 0.1) is 0 Å². The first-order valence-corrected chi connectivity index (χ1v) is 12.5. The largest absolute Gasteiger partial charge is 0.506 e. The third-order valence-corrected chi connectivity index (χ3v) is 6.07. The van der Waals surface area contributed by atoms with Gasteiger partial charge in [-0.15, -0.1) is 0 Å². The third-order valence-electron chi connectivity index (χ3n) is 6.07. The zero-order chi connectivity index (χ0) is 24.9. The first-order chi connectivity index (χ1) is 17.1. The fraction of sp³-hybridized carbons (Fsp3) is 0.429. The molecule has 0 atom stereocenters. The van der Waals surface area contributed by atoms with Gasteiger partial charge in [-0.3, -0.25) is 9.59 Å². The number of nitrogens with zero attached hydrogens (tertiary/aromatic N) is 1. The van der Waals surface area contributed by atoms with Gasteiger partial charge in [-0.1, -0.05) is 49.7 Å². The number of rotatable bonds is 15. The lowest BCUT2D eigenvalue weighted by molar-refractivity contribution is -0.132. The first kappa shape index (κ1) is 26.4. The molecule has 0 aliphatic heterocycles. The molecule has 2 aromatic carbocycles. The van der Waals surface area contributed by atoms with Crippen molar-refractivity contribution >= 4 is 16.8 Å². The number of hydrogen-bond acceptors (Lipinski definition) is 5. The average Bonchev–Trinajstić information content (AvgIpc) is 2.87. The summed E-state index contributed by atoms with van der Waals surface area (Å²) in [4.78, 5) is 28.9. The Bertz CT molecular complexity index is 1110. The second-order valence-electron chi connectivity index (χ2n) is 8.69. The summed E-state index contributed by atoms with van der Waals surface area (Å²) in [5.41, 5.74) is 2.52. The van der Waals surface area contributed by atoms with E-state index in [1.807, 2.05) is 29.2 Å². The molecule has 0 fully saturated rings. The summed E-state index contributed by atoms with van der Waals surface area (Å²) < 4.78 is 5.70. The van der Waals surface area contributed by atoms with Crippen molar-refractivity contribution in [1.29, 1.82) is 0 Å². The number of aromatic hydroxyl groups is 1. The SMILES string of the molecule is CCCCN(CCNCCc1ccc(O)c2[nH]c(=O)ccc12)C(=O)CCOCCc1ccccc1. The second-order valence-corrected chi connectivity index (χ2v) is 8.69. The molecule has 0 aliphatic rings. The maximum absolute atomic E-state index is 12.7. The van der Waals surface area contributed by atoms with Crippen molar-refractivity contribution in [3.05, 3.63) is 76.1 Å². The Labute approximate surface area is 207 Å². The highest BCUT2D eigenvalue weighted by Crippen LogP contribution is 2.24. The van der Waals surface area contributed by atoms with Gasteiger partial charge in [0.2, 0.25) is 11.5 Å². The maximum Gasteiger partial charge on any atom is 0.248 e. The van der Waals surface area contributed by atoms with Gasteiger partial charge in [0.05, 0.1) is 25.2 Å². The number of aromatic amines is 1. The zero-order valence-corrected chi connectivity index (χ0v) is 20.6. The summed E-state index contributed by atoms with van der Waals surface area (Å²) in [7, 11) is 0. The van der Waals surface area contributed by atoms with E-state index in [1.54, 1.807) is 12.1 Å². The molecule has 0 saturated carbocycles. The number of fused-ring (bicyclic) bond motifs is 1. The van der Waals surface area contributed by atoms with Gasteiger partial charge < -0.3 is 25.0 Å². The van der Waals surface area contributed by atoms with E-state index in [2.05, 4.69) is 29.4 Å². The van der Waals surface area contributed by atoms with Gasteiger partial charge in [-0.25, -0.2) is 0 Å². The van der Waals surface area contributed by atoms with Crippen molar-refractivity contribution in [3.63, 3.8) is 0 Å². The number of H-pyrrole nitrogens is 1. The van der Waals surface area contributed by atoms with Gasteiger partial charge in [0, 0.05) is 31.1 Å². The van der Waals surface area contributed by atoms with Crippen LogP contribution in [0.5, 0.6) is 5.75 Å². The predicted molar refractivity (Wildman–Crippen MR) is 140 cm³/mol. The van der Waals surface area contributed by atoms with Crippen molar-refractivity contribution in [3.8, 4) is 5.75 Å². The Morgan fingerprint density at radius 1 is 1.00 bits per heavy atom. The van der Waals surface area contributed by atoms with Crippen LogP contribution in [-0.4, -0.2) is 60.3 Å². The lowest BCUT2D eigenvalue weighted by atomic mass is 10.0. The van der Waals surface area contributed by atoms with Crippen molar-refractivity contribution in [2.24, 2.45) is 0 Å². The molecule has 188 valence electrons. The minimum absolute atomic E-state index is 0.0727. The number of phenolic OH excluding ortho intramolecular Hbond substituents is 1. The van der Waals surface area contributed by atoms with E-state index in [0.717, 1.165) is 49.7 Å². The molecule has 1 amide bonds. The van der Waals surface area contributed by atoms with Crippen LogP contribution >= 0.6 is 0 Å². The van der Waals surface area contributed by atoms with E-state index in [9.17, 15) is 14.7 Å². The Kier molecular flexibility index (Phi) is 10.8. The molecule has 0 radical (unpaired) electrons. The van der Waals surface area contributed by atoms with Gasteiger partial charge in [0.1, 0.15) is 5.75 Å². The van der Waals surface area contributed by atoms with Gasteiger partial charge in [0.25, 0.3) is 0 Å². The molecule has 35 heavy (non-hydrogen) atoms. The molecule has 7 nitrogen and oxygen atoms in total. The zero-order valence-electron chi connectivity index (χ0n) is 20.6. The van der Waals surface area contributed by atoms with Crippen LogP contribution < -0.4 is 10.9 Å². The van der Waals surface area contributed by atoms with E-state index in [4.69, 9.17) is 4.74 Å². The van der Waals surface area contributed by atoms with E-state index in [1.165, 1.54) is 11.6 Å². The molecular formula is C28H37N3O4. The molecule has 0 bridgehead atoms. The van der Waals surface area contributed by atoms with Crippen LogP contribution in [0.4, 0.5) is 0 Å². The number of carbonyl (C=O) groups is 1. The van der Waals surface area contributed by atoms with E-state index in [0.29, 0.717) is 38.2 Å². The van der Waals surface area contributed by atoms with Gasteiger partial charge in [-0.05, 0) is 49.1 Å². The van der Waals surface area contributed by atoms with Crippen LogP contribution in [-0.2, 0) is 22.4 Å². The number of amides is 1. The normalized spacial score (nSPS) is 11.1. The summed E-state index contributed by atoms with van der Waals surface area (Å²) in [6, 6.07) is 16.9. The van der Waals surface area contributed by atoms with Gasteiger partial charge in [-0.2, -0.15) is 0 Å². The Hall–Kier alpha value is -3.16. The van der Waals surface area contributed by atoms with E-state index in [-0.39, 0.29) is 17.2 Å². The molecule has 1 heterocycles. The summed E-state index contributed by atoms with van der Waals surface area (Å²) in [5, 5.41) is 14.3. The van der Waals surface area contributed by atoms with Crippen molar-refractivity contribution < 1.29 is 14.6 Å². The number of unbranched alkanes of at least 4 members (excludes halogenated alkanes) is 1. The Morgan fingerprint density at radius 3 is 2.63 bits per heavy atom. The summed E-state index contributed by atoms with van der Waals surface area (Å²) >= 11 is 0. The molecule has 0 unspecified atom stereocenters. The number of pyridine rings is 1. The topological polar surface area (TPSA) is 94.7 Å². The lowest BCUT2D eigenvalue weighted by Crippen LogP contribution is -2.38. The number of hydrogen-bond donors (Lipinski definition) is 3. The van der Waals surface area contributed by atoms with Crippen LogP contribution in [0.3, 0.4) is 0 Å². The monoisotopic (exact) mass is 479 g/mol. The molecular weight excluding hydrogens is 442 g/mol. The molecule has 0 saturated heterocycles. The van der Waals surface area contributed by atoms with Gasteiger partial charge >= 0.3 is 0 Å². The highest BCUT2D eigenvalue weighted by molar-refractivity contribution is 5.87. The smallest absolute Gasteiger partial charge is 0.248 e. The van der Waals surface area contributed by atoms with Crippen LogP contribution in [0.2, 0.25) is 0 Å². The maximum atomic E-state index is 12.7. The minimum atomic E-state index is -0.235. The minimum Gasteiger partial charge on any atom is -0.506 e. The van der Waals surface area contributed by atoms with Gasteiger partial charge in [0.15, 0.2) is 0 Å². The predicted octanol–water partition coefficient (Wildman–Crippen LogP) is 3.64. The Morgan fingerprint density at radius 2 is 1.83 bits per heavy atom. The fourth-order valence-electron chi connectivity index (χ4n) is 4.04. The molecule has 3 N–H and O–H groups in total. The summed E-state index contributed by atoms with van der Waals surface area (Å²) in [6.07, 6.45) is 4.03. The van der Waals surface area contributed by atoms with Crippen molar-refractivity contribution in [2.75, 3.05) is 39.4 Å². The molecule has 7 heteroatoms. The highest BCUT2D eigenvalue weighted by Gasteiger charge is 2.13. The molecule has 0 spiro atoms. The van der Waals surface area contributed by atoms with Crippen molar-refractivity contribution in [2.45, 2.75) is 39.0 Å². The van der Waals surface area contributed by atoms with E-state index >= 15 is 0 Å². The molecule has 3 rings (SSSR count). The van der Waals surface area contributed by atoms with Crippen LogP contribution in [0.1, 0.15) is 37.3 Å². The standard InChI is InChI=1S/C28H37N3O4/c1-2-3-18-31(27(34)15-21-35-20-14-22-7-5-4-6-8-22)19-17-29-16-13-23-9-11-25(32)28-24(23)10-12-26(33)30-28/h4-12,29,32H,2-3,13-21H2,1H3,(H,30,33). The van der Waals surface area contributed by atoms with Crippen LogP contribution in [0.25, 0.3) is 10.9 Å². The molecule has 1 aromatic heterocycles. The van der Waals surface area contributed by atoms with E-state index < -0.39 is 0 Å². The lowest BCUT2D eigenvalue weighted by Gasteiger charge is -2.23. The second kappa shape index (κ2) is 14.3. The first-order valence-electron chi connectivity index (χ1n) is 12.5. The number of phenols is 1. The van der Waals surface area contributed by atoms with Crippen LogP contribution in [0.15, 0.2) is 59.4 Å². The average molecular weight is 480 g/mol. The number of ether oxygens (including phenoxy) is 1. The summed E-state index contributed by atoms with van der Waals surface area (Å²) in [6.45, 7) is 6.05. The fourth-order valence-corrected chi connectivity index (χ4v) is 4.04. The third kappa shape index (κ3) is 8.53. The quantitative estimate of drug-likeness (QED) is 0.289. The molecule has 3 aromatic rings.